The van der Waals surface area contributed by atoms with Crippen molar-refractivity contribution in [2.24, 2.45) is 0 Å². The minimum absolute atomic E-state index is 0.139. The second kappa shape index (κ2) is 8.96. The number of benzene rings is 1. The molecule has 1 aliphatic rings. The van der Waals surface area contributed by atoms with E-state index in [2.05, 4.69) is 19.7 Å². The number of hydrogen-bond donors (Lipinski definition) is 0. The maximum atomic E-state index is 12.7. The van der Waals surface area contributed by atoms with E-state index in [1.54, 1.807) is 23.0 Å². The van der Waals surface area contributed by atoms with Crippen molar-refractivity contribution in [3.05, 3.63) is 82.7 Å². The third-order valence-corrected chi connectivity index (χ3v) is 5.98. The van der Waals surface area contributed by atoms with Crippen LogP contribution in [0.1, 0.15) is 24.1 Å². The quantitative estimate of drug-likeness (QED) is 0.449. The Morgan fingerprint density at radius 3 is 2.66 bits per heavy atom. The molecular formula is C25H27N5O2. The molecule has 1 aliphatic heterocycles. The summed E-state index contributed by atoms with van der Waals surface area (Å²) in [6.45, 7) is 6.60. The molecule has 4 aromatic rings. The van der Waals surface area contributed by atoms with Crippen molar-refractivity contribution in [3.8, 4) is 11.4 Å². The SMILES string of the molecule is Cc1ccc(COc2ccn(-c3ccc4c(cnn4CCN4CCCC4)c3)c(=O)c2)nc1. The zero-order valence-corrected chi connectivity index (χ0v) is 18.3. The van der Waals surface area contributed by atoms with Gasteiger partial charge in [-0.05, 0) is 68.8 Å². The standard InChI is InChI=1S/C25H27N5O2/c1-19-4-5-21(26-16-19)18-32-23-8-11-29(25(31)15-23)22-6-7-24-20(14-22)17-27-30(24)13-12-28-9-2-3-10-28/h4-8,11,14-17H,2-3,9-10,12-13,18H2,1H3. The molecule has 0 radical (unpaired) electrons. The lowest BCUT2D eigenvalue weighted by atomic mass is 10.2. The lowest BCUT2D eigenvalue weighted by molar-refractivity contribution is 0.300. The normalized spacial score (nSPS) is 14.3. The van der Waals surface area contributed by atoms with E-state index >= 15 is 0 Å². The molecule has 0 saturated carbocycles. The van der Waals surface area contributed by atoms with Gasteiger partial charge in [0.2, 0.25) is 0 Å². The van der Waals surface area contributed by atoms with Crippen LogP contribution in [0.15, 0.2) is 65.8 Å². The molecule has 1 fully saturated rings. The first kappa shape index (κ1) is 20.5. The molecule has 0 aliphatic carbocycles. The average Bonchev–Trinajstić information content (AvgIpc) is 3.47. The summed E-state index contributed by atoms with van der Waals surface area (Å²) in [5.74, 6) is 0.532. The van der Waals surface area contributed by atoms with Gasteiger partial charge in [0.1, 0.15) is 12.4 Å². The Morgan fingerprint density at radius 1 is 1.00 bits per heavy atom. The molecule has 4 heterocycles. The van der Waals surface area contributed by atoms with Gasteiger partial charge < -0.3 is 9.64 Å². The number of aryl methyl sites for hydroxylation is 1. The molecule has 0 N–H and O–H groups in total. The summed E-state index contributed by atoms with van der Waals surface area (Å²) in [6.07, 6.45) is 8.02. The molecule has 0 bridgehead atoms. The summed E-state index contributed by atoms with van der Waals surface area (Å²) in [5, 5.41) is 5.59. The van der Waals surface area contributed by atoms with Gasteiger partial charge in [0.25, 0.3) is 5.56 Å². The van der Waals surface area contributed by atoms with E-state index in [1.807, 2.05) is 43.5 Å². The summed E-state index contributed by atoms with van der Waals surface area (Å²) < 4.78 is 9.43. The van der Waals surface area contributed by atoms with E-state index in [4.69, 9.17) is 4.74 Å². The Morgan fingerprint density at radius 2 is 1.88 bits per heavy atom. The van der Waals surface area contributed by atoms with E-state index in [0.29, 0.717) is 12.4 Å². The molecule has 5 rings (SSSR count). The molecule has 0 unspecified atom stereocenters. The van der Waals surface area contributed by atoms with E-state index in [1.165, 1.54) is 32.0 Å². The molecule has 7 nitrogen and oxygen atoms in total. The molecule has 3 aromatic heterocycles. The molecule has 0 amide bonds. The second-order valence-corrected chi connectivity index (χ2v) is 8.35. The van der Waals surface area contributed by atoms with Crippen LogP contribution in [0, 0.1) is 6.92 Å². The number of nitrogens with zero attached hydrogens (tertiary/aromatic N) is 5. The van der Waals surface area contributed by atoms with E-state index < -0.39 is 0 Å². The van der Waals surface area contributed by atoms with Gasteiger partial charge in [-0.25, -0.2) is 0 Å². The van der Waals surface area contributed by atoms with Gasteiger partial charge in [0.15, 0.2) is 0 Å². The number of hydrogen-bond acceptors (Lipinski definition) is 5. The van der Waals surface area contributed by atoms with Crippen LogP contribution in [0.4, 0.5) is 0 Å². The summed E-state index contributed by atoms with van der Waals surface area (Å²) in [6, 6.07) is 13.3. The molecule has 0 spiro atoms. The summed E-state index contributed by atoms with van der Waals surface area (Å²) in [4.78, 5) is 19.5. The Balaban J connectivity index is 1.29. The topological polar surface area (TPSA) is 65.2 Å². The van der Waals surface area contributed by atoms with Crippen LogP contribution in [-0.4, -0.2) is 43.9 Å². The van der Waals surface area contributed by atoms with Crippen LogP contribution in [-0.2, 0) is 13.2 Å². The summed E-state index contributed by atoms with van der Waals surface area (Å²) >= 11 is 0. The Labute approximate surface area is 186 Å². The molecule has 1 saturated heterocycles. The van der Waals surface area contributed by atoms with Gasteiger partial charge in [0.05, 0.1) is 24.0 Å². The number of fused-ring (bicyclic) bond motifs is 1. The van der Waals surface area contributed by atoms with Gasteiger partial charge in [-0.1, -0.05) is 6.07 Å². The van der Waals surface area contributed by atoms with Gasteiger partial charge in [-0.2, -0.15) is 5.10 Å². The van der Waals surface area contributed by atoms with Gasteiger partial charge in [-0.3, -0.25) is 19.0 Å². The summed E-state index contributed by atoms with van der Waals surface area (Å²) in [5.41, 5.74) is 3.69. The Kier molecular flexibility index (Phi) is 5.73. The van der Waals surface area contributed by atoms with Crippen molar-refractivity contribution in [3.63, 3.8) is 0 Å². The fraction of sp³-hybridized carbons (Fsp3) is 0.320. The fourth-order valence-corrected chi connectivity index (χ4v) is 4.15. The third kappa shape index (κ3) is 4.43. The first-order chi connectivity index (χ1) is 15.7. The highest BCUT2D eigenvalue weighted by Crippen LogP contribution is 2.19. The highest BCUT2D eigenvalue weighted by molar-refractivity contribution is 5.80. The number of pyridine rings is 2. The van der Waals surface area contributed by atoms with Crippen molar-refractivity contribution < 1.29 is 4.74 Å². The smallest absolute Gasteiger partial charge is 0.258 e. The predicted octanol–water partition coefficient (Wildman–Crippen LogP) is 3.57. The molecule has 1 aromatic carbocycles. The fourth-order valence-electron chi connectivity index (χ4n) is 4.15. The van der Waals surface area contributed by atoms with Crippen LogP contribution in [0.3, 0.4) is 0 Å². The lowest BCUT2D eigenvalue weighted by Gasteiger charge is -2.14. The molecule has 7 heteroatoms. The van der Waals surface area contributed by atoms with Crippen LogP contribution < -0.4 is 10.3 Å². The number of rotatable bonds is 7. The zero-order valence-electron chi connectivity index (χ0n) is 18.3. The molecule has 0 atom stereocenters. The number of aromatic nitrogens is 4. The second-order valence-electron chi connectivity index (χ2n) is 8.35. The first-order valence-corrected chi connectivity index (χ1v) is 11.1. The van der Waals surface area contributed by atoms with Gasteiger partial charge in [0, 0.05) is 36.1 Å². The Bertz CT molecular complexity index is 1270. The monoisotopic (exact) mass is 429 g/mol. The zero-order chi connectivity index (χ0) is 21.9. The van der Waals surface area contributed by atoms with Crippen molar-refractivity contribution >= 4 is 10.9 Å². The van der Waals surface area contributed by atoms with Gasteiger partial charge >= 0.3 is 0 Å². The molecule has 32 heavy (non-hydrogen) atoms. The van der Waals surface area contributed by atoms with Crippen molar-refractivity contribution in [2.45, 2.75) is 32.9 Å². The van der Waals surface area contributed by atoms with E-state index in [9.17, 15) is 4.79 Å². The number of likely N-dealkylation sites (tertiary alicyclic amines) is 1. The third-order valence-electron chi connectivity index (χ3n) is 5.98. The van der Waals surface area contributed by atoms with Crippen molar-refractivity contribution in [1.82, 2.24) is 24.2 Å². The van der Waals surface area contributed by atoms with Crippen molar-refractivity contribution in [1.29, 1.82) is 0 Å². The van der Waals surface area contributed by atoms with Crippen LogP contribution in [0.2, 0.25) is 0 Å². The highest BCUT2D eigenvalue weighted by Gasteiger charge is 2.12. The average molecular weight is 430 g/mol. The van der Waals surface area contributed by atoms with Crippen molar-refractivity contribution in [2.75, 3.05) is 19.6 Å². The Hall–Kier alpha value is -3.45. The maximum absolute atomic E-state index is 12.7. The largest absolute Gasteiger partial charge is 0.487 e. The van der Waals surface area contributed by atoms with Crippen LogP contribution >= 0.6 is 0 Å². The van der Waals surface area contributed by atoms with Crippen LogP contribution in [0.5, 0.6) is 5.75 Å². The summed E-state index contributed by atoms with van der Waals surface area (Å²) in [7, 11) is 0. The predicted molar refractivity (Wildman–Crippen MR) is 124 cm³/mol. The van der Waals surface area contributed by atoms with Crippen LogP contribution in [0.25, 0.3) is 16.6 Å². The van der Waals surface area contributed by atoms with Gasteiger partial charge in [-0.15, -0.1) is 0 Å². The highest BCUT2D eigenvalue weighted by atomic mass is 16.5. The lowest BCUT2D eigenvalue weighted by Crippen LogP contribution is -2.24. The minimum atomic E-state index is -0.139. The maximum Gasteiger partial charge on any atom is 0.258 e. The first-order valence-electron chi connectivity index (χ1n) is 11.1. The molecular weight excluding hydrogens is 402 g/mol. The number of ether oxygens (including phenoxy) is 1. The molecule has 164 valence electrons. The van der Waals surface area contributed by atoms with E-state index in [0.717, 1.165) is 40.9 Å². The minimum Gasteiger partial charge on any atom is -0.487 e. The van der Waals surface area contributed by atoms with E-state index in [-0.39, 0.29) is 5.56 Å².